The number of anilines is 2. The maximum Gasteiger partial charge on any atom is 0.198 e. The minimum Gasteiger partial charge on any atom is -0.355 e. The second-order valence-electron chi connectivity index (χ2n) is 23.0. The number of hydrogen-bond donors (Lipinski definition) is 1. The van der Waals surface area contributed by atoms with Crippen LogP contribution < -0.4 is 16.2 Å². The second-order valence-corrected chi connectivity index (χ2v) is 25.1. The molecule has 4 heterocycles. The number of rotatable bonds is 5. The molecule has 1 N–H and O–H groups in total. The van der Waals surface area contributed by atoms with Gasteiger partial charge in [0.05, 0.1) is 5.52 Å². The Kier molecular flexibility index (Phi) is 9.34. The summed E-state index contributed by atoms with van der Waals surface area (Å²) in [4.78, 5) is 1.31. The number of nitrogens with one attached hydrogen (secondary N) is 1. The SMILES string of the molecule is CC(C)(C)c1ccc(Nc2cc3sc4ccc(C(C)(C)C)cc4c3cc2-c2ccc3c4cc5c(cc4n4c3c2Bc2cc3sc(-c6ccccc6)c(-c6ccccc6)c3cc2-4)C(C)(C)c2ccccc2-5)cc1. The summed E-state index contributed by atoms with van der Waals surface area (Å²) in [6.45, 7) is 18.6. The van der Waals surface area contributed by atoms with E-state index in [0.29, 0.717) is 0 Å². The summed E-state index contributed by atoms with van der Waals surface area (Å²) in [5, 5.41) is 10.6. The number of hydrogen-bond acceptors (Lipinski definition) is 3. The highest BCUT2D eigenvalue weighted by Gasteiger charge is 2.37. The zero-order valence-electron chi connectivity index (χ0n) is 42.2. The Hall–Kier alpha value is -7.18. The minimum atomic E-state index is -0.137. The first kappa shape index (κ1) is 43.6. The van der Waals surface area contributed by atoms with Gasteiger partial charge in [-0.3, -0.25) is 0 Å². The Morgan fingerprint density at radius 3 is 1.90 bits per heavy atom. The van der Waals surface area contributed by atoms with E-state index in [1.807, 2.05) is 22.7 Å². The number of nitrogens with zero attached hydrogens (tertiary/aromatic N) is 1. The molecule has 9 aromatic carbocycles. The molecule has 348 valence electrons. The summed E-state index contributed by atoms with van der Waals surface area (Å²) >= 11 is 3.83. The van der Waals surface area contributed by atoms with Crippen LogP contribution in [-0.2, 0) is 16.2 Å². The molecule has 0 atom stereocenters. The zero-order valence-corrected chi connectivity index (χ0v) is 43.8. The fourth-order valence-corrected chi connectivity index (χ4v) is 14.7. The predicted molar refractivity (Wildman–Crippen MR) is 316 cm³/mol. The van der Waals surface area contributed by atoms with Crippen molar-refractivity contribution in [3.63, 3.8) is 0 Å². The lowest BCUT2D eigenvalue weighted by molar-refractivity contribution is 0.590. The molecule has 0 spiro atoms. The van der Waals surface area contributed by atoms with Crippen molar-refractivity contribution in [2.75, 3.05) is 5.32 Å². The molecule has 0 amide bonds. The molecule has 1 aliphatic heterocycles. The Balaban J connectivity index is 1.07. The van der Waals surface area contributed by atoms with Crippen molar-refractivity contribution in [3.8, 4) is 49.5 Å². The molecule has 0 fully saturated rings. The lowest BCUT2D eigenvalue weighted by Crippen LogP contribution is -2.37. The molecule has 72 heavy (non-hydrogen) atoms. The number of benzene rings is 9. The molecule has 0 radical (unpaired) electrons. The van der Waals surface area contributed by atoms with Crippen LogP contribution in [0, 0.1) is 0 Å². The van der Waals surface area contributed by atoms with Gasteiger partial charge < -0.3 is 9.88 Å². The van der Waals surface area contributed by atoms with Crippen LogP contribution in [-0.4, -0.2) is 11.8 Å². The topological polar surface area (TPSA) is 17.0 Å². The van der Waals surface area contributed by atoms with Crippen molar-refractivity contribution in [3.05, 3.63) is 198 Å². The highest BCUT2D eigenvalue weighted by molar-refractivity contribution is 7.26. The van der Waals surface area contributed by atoms with E-state index in [2.05, 4.69) is 241 Å². The van der Waals surface area contributed by atoms with Gasteiger partial charge >= 0.3 is 0 Å². The van der Waals surface area contributed by atoms with Gasteiger partial charge in [-0.2, -0.15) is 0 Å². The quantitative estimate of drug-likeness (QED) is 0.170. The van der Waals surface area contributed by atoms with Crippen LogP contribution in [0.5, 0.6) is 0 Å². The largest absolute Gasteiger partial charge is 0.355 e. The molecule has 0 saturated carbocycles. The maximum absolute atomic E-state index is 4.01. The molecule has 12 aromatic rings. The number of aromatic nitrogens is 1. The van der Waals surface area contributed by atoms with Gasteiger partial charge in [-0.15, -0.1) is 22.7 Å². The monoisotopic (exact) mass is 962 g/mol. The third kappa shape index (κ3) is 6.53. The number of thiophene rings is 2. The second kappa shape index (κ2) is 15.4. The fourth-order valence-electron chi connectivity index (χ4n) is 12.3. The molecular formula is C67H55BN2S2. The Labute approximate surface area is 430 Å². The average molecular weight is 963 g/mol. The van der Waals surface area contributed by atoms with Gasteiger partial charge in [-0.25, -0.2) is 0 Å². The Bertz CT molecular complexity index is 4230. The summed E-state index contributed by atoms with van der Waals surface area (Å²) in [5.41, 5.74) is 23.3. The van der Waals surface area contributed by atoms with Crippen molar-refractivity contribution in [1.29, 1.82) is 0 Å². The maximum atomic E-state index is 4.01. The molecular weight excluding hydrogens is 908 g/mol. The molecule has 14 rings (SSSR count). The van der Waals surface area contributed by atoms with Gasteiger partial charge in [-0.05, 0) is 127 Å². The summed E-state index contributed by atoms with van der Waals surface area (Å²) in [5.74, 6) is 0. The van der Waals surface area contributed by atoms with E-state index in [-0.39, 0.29) is 16.2 Å². The molecule has 2 nitrogen and oxygen atoms in total. The third-order valence-electron chi connectivity index (χ3n) is 16.1. The van der Waals surface area contributed by atoms with E-state index in [4.69, 9.17) is 0 Å². The van der Waals surface area contributed by atoms with E-state index in [9.17, 15) is 0 Å². The van der Waals surface area contributed by atoms with Gasteiger partial charge in [0.15, 0.2) is 7.28 Å². The van der Waals surface area contributed by atoms with E-state index in [1.165, 1.54) is 135 Å². The molecule has 5 heteroatoms. The molecule has 3 aromatic heterocycles. The Morgan fingerprint density at radius 1 is 0.486 bits per heavy atom. The van der Waals surface area contributed by atoms with E-state index >= 15 is 0 Å². The van der Waals surface area contributed by atoms with Crippen molar-refractivity contribution < 1.29 is 0 Å². The van der Waals surface area contributed by atoms with Crippen LogP contribution in [0.1, 0.15) is 77.6 Å². The highest BCUT2D eigenvalue weighted by Crippen LogP contribution is 2.52. The van der Waals surface area contributed by atoms with Crippen molar-refractivity contribution >= 4 is 104 Å². The predicted octanol–water partition coefficient (Wildman–Crippen LogP) is 17.7. The van der Waals surface area contributed by atoms with Crippen LogP contribution in [0.2, 0.25) is 0 Å². The first-order valence-corrected chi connectivity index (χ1v) is 27.2. The first-order valence-electron chi connectivity index (χ1n) is 25.5. The van der Waals surface area contributed by atoms with Crippen LogP contribution in [0.4, 0.5) is 11.4 Å². The van der Waals surface area contributed by atoms with E-state index < -0.39 is 0 Å². The Morgan fingerprint density at radius 2 is 1.15 bits per heavy atom. The van der Waals surface area contributed by atoms with Crippen molar-refractivity contribution in [2.45, 2.75) is 71.6 Å². The number of fused-ring (bicyclic) bond motifs is 12. The normalized spacial score (nSPS) is 13.8. The van der Waals surface area contributed by atoms with Crippen molar-refractivity contribution in [1.82, 2.24) is 4.57 Å². The van der Waals surface area contributed by atoms with Crippen LogP contribution in [0.3, 0.4) is 0 Å². The van der Waals surface area contributed by atoms with Crippen LogP contribution >= 0.6 is 22.7 Å². The fraction of sp³-hybridized carbons (Fsp3) is 0.164. The lowest BCUT2D eigenvalue weighted by Gasteiger charge is -2.25. The zero-order chi connectivity index (χ0) is 49.0. The molecule has 0 unspecified atom stereocenters. The average Bonchev–Trinajstić information content (AvgIpc) is 4.09. The van der Waals surface area contributed by atoms with Gasteiger partial charge in [0.2, 0.25) is 0 Å². The molecule has 0 saturated heterocycles. The summed E-state index contributed by atoms with van der Waals surface area (Å²) < 4.78 is 6.61. The molecule has 1 aliphatic carbocycles. The first-order chi connectivity index (χ1) is 34.7. The smallest absolute Gasteiger partial charge is 0.198 e. The van der Waals surface area contributed by atoms with E-state index in [0.717, 1.165) is 18.7 Å². The lowest BCUT2D eigenvalue weighted by atomic mass is 9.59. The van der Waals surface area contributed by atoms with Gasteiger partial charge in [-0.1, -0.05) is 176 Å². The van der Waals surface area contributed by atoms with Gasteiger partial charge in [0, 0.05) is 85.0 Å². The summed E-state index contributed by atoms with van der Waals surface area (Å²) in [6.07, 6.45) is 0. The van der Waals surface area contributed by atoms with Gasteiger partial charge in [0.25, 0.3) is 0 Å². The van der Waals surface area contributed by atoms with Crippen LogP contribution in [0.15, 0.2) is 176 Å². The summed E-state index contributed by atoms with van der Waals surface area (Å²) in [7, 11) is 0.817. The van der Waals surface area contributed by atoms with Crippen LogP contribution in [0.25, 0.3) is 102 Å². The van der Waals surface area contributed by atoms with Crippen molar-refractivity contribution in [2.24, 2.45) is 0 Å². The standard InChI is InChI=1S/C67H55BN2S2/c1-65(2,3)40-23-26-42(27-24-40)69-55-37-60-50(49-31-41(66(4,5)6)25-30-58(49)71-60)33-47(55)44-28-29-45-48-32-46-43-21-15-16-22-52(43)67(7,8)53(46)35-56(48)70-57-34-51-59(36-54(57)68-62(44)63(45)70)72-64(39-19-13-10-14-20-39)61(51)38-17-11-9-12-18-38/h9-37,68-69H,1-8H3. The highest BCUT2D eigenvalue weighted by atomic mass is 32.1. The van der Waals surface area contributed by atoms with Gasteiger partial charge in [0.1, 0.15) is 0 Å². The summed E-state index contributed by atoms with van der Waals surface area (Å²) in [6, 6.07) is 67.3. The third-order valence-corrected chi connectivity index (χ3v) is 18.5. The molecule has 2 aliphatic rings. The minimum absolute atomic E-state index is 0.0389. The molecule has 0 bridgehead atoms. The van der Waals surface area contributed by atoms with E-state index in [1.54, 1.807) is 0 Å².